The lowest BCUT2D eigenvalue weighted by Gasteiger charge is -2.34. The van der Waals surface area contributed by atoms with Crippen molar-refractivity contribution in [1.29, 1.82) is 0 Å². The van der Waals surface area contributed by atoms with E-state index in [1.54, 1.807) is 23.5 Å². The smallest absolute Gasteiger partial charge is 0.304 e. The monoisotopic (exact) mass is 668 g/mol. The molecular weight excluding hydrogens is 629 g/mol. The molecule has 3 aromatic rings. The number of nitrogens with zero attached hydrogens (tertiary/aromatic N) is 3. The fourth-order valence-corrected chi connectivity index (χ4v) is 11.8. The first kappa shape index (κ1) is 30.4. The molecule has 0 radical (unpaired) electrons. The Morgan fingerprint density at radius 1 is 0.935 bits per heavy atom. The molecule has 246 valence electrons. The zero-order valence-corrected chi connectivity index (χ0v) is 27.7. The van der Waals surface area contributed by atoms with Gasteiger partial charge in [0, 0.05) is 60.7 Å². The van der Waals surface area contributed by atoms with Crippen LogP contribution >= 0.6 is 0 Å². The Morgan fingerprint density at radius 3 is 2.39 bits per heavy atom. The fourth-order valence-electron chi connectivity index (χ4n) is 8.25. The minimum absolute atomic E-state index is 0.178. The predicted octanol–water partition coefficient (Wildman–Crippen LogP) is 3.95. The summed E-state index contributed by atoms with van der Waals surface area (Å²) in [6.45, 7) is 2.25. The number of sulfonamides is 1. The molecule has 8 rings (SSSR count). The third-order valence-corrected chi connectivity index (χ3v) is 15.1. The molecule has 11 nitrogen and oxygen atoms in total. The number of morpholine rings is 1. The highest BCUT2D eigenvalue weighted by Crippen LogP contribution is 2.64. The van der Waals surface area contributed by atoms with Gasteiger partial charge in [-0.2, -0.15) is 12.7 Å². The van der Waals surface area contributed by atoms with Crippen molar-refractivity contribution in [1.82, 2.24) is 17.9 Å². The van der Waals surface area contributed by atoms with Crippen molar-refractivity contribution in [2.45, 2.75) is 68.1 Å². The van der Waals surface area contributed by atoms with Crippen LogP contribution in [0.1, 0.15) is 78.3 Å². The summed E-state index contributed by atoms with van der Waals surface area (Å²) in [6.07, 6.45) is 6.90. The summed E-state index contributed by atoms with van der Waals surface area (Å²) < 4.78 is 71.9. The number of hydrogen-bond acceptors (Lipinski definition) is 7. The minimum atomic E-state index is -4.05. The molecule has 2 aliphatic carbocycles. The zero-order valence-electron chi connectivity index (χ0n) is 26.0. The van der Waals surface area contributed by atoms with Crippen LogP contribution < -0.4 is 9.46 Å². The van der Waals surface area contributed by atoms with E-state index in [1.807, 2.05) is 18.2 Å². The Morgan fingerprint density at radius 2 is 1.70 bits per heavy atom. The van der Waals surface area contributed by atoms with Gasteiger partial charge in [-0.3, -0.25) is 4.79 Å². The summed E-state index contributed by atoms with van der Waals surface area (Å²) in [7, 11) is -6.05. The van der Waals surface area contributed by atoms with E-state index in [0.29, 0.717) is 31.2 Å². The standard InChI is InChI=1S/C33H40N4O7S2/c1-43-24-9-11-25-27(19-24)28-20-33(28,45(39,40)35-12-5-13-35)21-37-29-18-23(32(38)34-46(41,42)36-14-16-44-17-15-36)8-10-26(29)30(31(25)37)22-6-3-2-4-7-22/h8-11,18-19,22,28H,2-7,12-17,20-21H2,1H3,(H,34,38). The van der Waals surface area contributed by atoms with Gasteiger partial charge in [0.25, 0.3) is 5.91 Å². The minimum Gasteiger partial charge on any atom is -0.497 e. The molecule has 0 bridgehead atoms. The summed E-state index contributed by atoms with van der Waals surface area (Å²) in [5.41, 5.74) is 5.21. The van der Waals surface area contributed by atoms with Crippen LogP contribution in [0.4, 0.5) is 0 Å². The van der Waals surface area contributed by atoms with Crippen molar-refractivity contribution >= 4 is 37.0 Å². The highest BCUT2D eigenvalue weighted by atomic mass is 32.2. The molecule has 13 heteroatoms. The fraction of sp³-hybridized carbons (Fsp3) is 0.545. The number of fused-ring (bicyclic) bond motifs is 7. The number of aromatic nitrogens is 1. The number of hydrogen-bond donors (Lipinski definition) is 1. The van der Waals surface area contributed by atoms with Gasteiger partial charge in [0.1, 0.15) is 10.5 Å². The van der Waals surface area contributed by atoms with E-state index in [4.69, 9.17) is 9.47 Å². The number of amides is 1. The molecule has 4 fully saturated rings. The maximum atomic E-state index is 14.3. The van der Waals surface area contributed by atoms with E-state index >= 15 is 0 Å². The zero-order chi connectivity index (χ0) is 31.8. The molecule has 1 amide bonds. The van der Waals surface area contributed by atoms with Gasteiger partial charge in [-0.1, -0.05) is 25.3 Å². The topological polar surface area (TPSA) is 127 Å². The van der Waals surface area contributed by atoms with Gasteiger partial charge < -0.3 is 14.0 Å². The molecule has 1 aromatic heterocycles. The highest BCUT2D eigenvalue weighted by molar-refractivity contribution is 7.91. The van der Waals surface area contributed by atoms with E-state index in [1.165, 1.54) is 16.3 Å². The van der Waals surface area contributed by atoms with Gasteiger partial charge in [0.2, 0.25) is 10.0 Å². The first-order valence-electron chi connectivity index (χ1n) is 16.4. The quantitative estimate of drug-likeness (QED) is 0.404. The van der Waals surface area contributed by atoms with Crippen LogP contribution in [-0.2, 0) is 31.5 Å². The molecular formula is C33H40N4O7S2. The molecule has 2 atom stereocenters. The van der Waals surface area contributed by atoms with Crippen molar-refractivity contribution in [3.63, 3.8) is 0 Å². The van der Waals surface area contributed by atoms with Crippen LogP contribution in [-0.4, -0.2) is 87.2 Å². The lowest BCUT2D eigenvalue weighted by atomic mass is 9.81. The maximum absolute atomic E-state index is 14.3. The maximum Gasteiger partial charge on any atom is 0.304 e. The molecule has 46 heavy (non-hydrogen) atoms. The van der Waals surface area contributed by atoms with E-state index in [2.05, 4.69) is 15.4 Å². The van der Waals surface area contributed by atoms with E-state index in [-0.39, 0.29) is 44.3 Å². The number of nitrogens with one attached hydrogen (secondary N) is 1. The molecule has 2 saturated heterocycles. The average molecular weight is 669 g/mol. The SMILES string of the molecule is COc1ccc2c(c1)C1CC1(S(=O)(=O)N1CCC1)Cn1c-2c(C2CCCCC2)c2ccc(C(=O)NS(=O)(=O)N3CCOCC3)cc21. The first-order chi connectivity index (χ1) is 22.1. The number of carbonyl (C=O) groups excluding carboxylic acids is 1. The Labute approximate surface area is 270 Å². The predicted molar refractivity (Wildman–Crippen MR) is 174 cm³/mol. The van der Waals surface area contributed by atoms with Gasteiger partial charge in [0.15, 0.2) is 0 Å². The van der Waals surface area contributed by atoms with Gasteiger partial charge >= 0.3 is 10.2 Å². The lowest BCUT2D eigenvalue weighted by molar-refractivity contribution is 0.0719. The molecule has 2 saturated carbocycles. The van der Waals surface area contributed by atoms with Crippen LogP contribution in [0, 0.1) is 0 Å². The summed E-state index contributed by atoms with van der Waals surface area (Å²) in [4.78, 5) is 13.5. The molecule has 5 aliphatic rings. The molecule has 4 heterocycles. The molecule has 2 aromatic carbocycles. The molecule has 3 aliphatic heterocycles. The second-order valence-electron chi connectivity index (χ2n) is 13.4. The van der Waals surface area contributed by atoms with Crippen LogP contribution in [0.25, 0.3) is 22.2 Å². The average Bonchev–Trinajstić information content (AvgIpc) is 3.71. The van der Waals surface area contributed by atoms with Crippen molar-refractivity contribution < 1.29 is 31.1 Å². The van der Waals surface area contributed by atoms with Gasteiger partial charge in [0.05, 0.1) is 26.0 Å². The normalized spacial score (nSPS) is 25.5. The van der Waals surface area contributed by atoms with E-state index < -0.39 is 30.9 Å². The number of methoxy groups -OCH3 is 1. The van der Waals surface area contributed by atoms with Crippen molar-refractivity contribution in [2.24, 2.45) is 0 Å². The summed E-state index contributed by atoms with van der Waals surface area (Å²) >= 11 is 0. The number of carbonyl (C=O) groups is 1. The van der Waals surface area contributed by atoms with Gasteiger partial charge in [-0.25, -0.2) is 17.4 Å². The summed E-state index contributed by atoms with van der Waals surface area (Å²) in [5.74, 6) is 0.0999. The summed E-state index contributed by atoms with van der Waals surface area (Å²) in [5, 5.41) is 0.992. The molecule has 2 unspecified atom stereocenters. The van der Waals surface area contributed by atoms with E-state index in [9.17, 15) is 21.6 Å². The van der Waals surface area contributed by atoms with Crippen molar-refractivity contribution in [2.75, 3.05) is 46.5 Å². The largest absolute Gasteiger partial charge is 0.497 e. The Hall–Kier alpha value is -2.97. The molecule has 0 spiro atoms. The lowest BCUT2D eigenvalue weighted by Crippen LogP contribution is -2.49. The van der Waals surface area contributed by atoms with Gasteiger partial charge in [-0.15, -0.1) is 0 Å². The number of ether oxygens (including phenoxy) is 2. The Bertz CT molecular complexity index is 1940. The summed E-state index contributed by atoms with van der Waals surface area (Å²) in [6, 6.07) is 11.4. The van der Waals surface area contributed by atoms with Gasteiger partial charge in [-0.05, 0) is 73.1 Å². The number of benzene rings is 2. The third-order valence-electron chi connectivity index (χ3n) is 10.9. The van der Waals surface area contributed by atoms with Crippen LogP contribution in [0.3, 0.4) is 0 Å². The van der Waals surface area contributed by atoms with Crippen LogP contribution in [0.2, 0.25) is 0 Å². The Kier molecular flexibility index (Phi) is 7.29. The second-order valence-corrected chi connectivity index (χ2v) is 17.3. The highest BCUT2D eigenvalue weighted by Gasteiger charge is 2.68. The molecule has 1 N–H and O–H groups in total. The van der Waals surface area contributed by atoms with Crippen LogP contribution in [0.15, 0.2) is 36.4 Å². The van der Waals surface area contributed by atoms with Crippen molar-refractivity contribution in [3.05, 3.63) is 53.1 Å². The number of rotatable bonds is 7. The second kappa shape index (κ2) is 11.0. The van der Waals surface area contributed by atoms with Crippen LogP contribution in [0.5, 0.6) is 5.75 Å². The first-order valence-corrected chi connectivity index (χ1v) is 19.3. The van der Waals surface area contributed by atoms with Crippen molar-refractivity contribution in [3.8, 4) is 17.0 Å². The van der Waals surface area contributed by atoms with E-state index in [0.717, 1.165) is 59.8 Å². The Balaban J connectivity index is 1.31. The third kappa shape index (κ3) is 4.64.